The van der Waals surface area contributed by atoms with Gasteiger partial charge in [0.05, 0.1) is 19.3 Å². The fraction of sp³-hybridized carbons (Fsp3) is 0.500. The minimum Gasteiger partial charge on any atom is -0.491 e. The standard InChI is InChI=1S/C28H34FN3O5/c1-16-17(2)26(37-13-22-11-30-27(33)15-36-22)8-7-23(16)18(3)32-21-10-24(25(32)14-35-12-21)31-28(34)19-5-4-6-20(29)9-19/h4-9,18,21-22,24-25H,10-15H2,1-3H3,(H,30,33)(H,31,34). The highest BCUT2D eigenvalue weighted by atomic mass is 19.1. The van der Waals surface area contributed by atoms with Crippen molar-refractivity contribution in [3.8, 4) is 5.75 Å². The van der Waals surface area contributed by atoms with E-state index in [0.29, 0.717) is 31.9 Å². The van der Waals surface area contributed by atoms with Gasteiger partial charge in [0, 0.05) is 30.2 Å². The molecule has 0 aliphatic carbocycles. The van der Waals surface area contributed by atoms with Crippen LogP contribution in [0.25, 0.3) is 0 Å². The van der Waals surface area contributed by atoms with Gasteiger partial charge in [0.2, 0.25) is 5.91 Å². The van der Waals surface area contributed by atoms with Crippen LogP contribution in [0.2, 0.25) is 0 Å². The molecular weight excluding hydrogens is 477 g/mol. The lowest BCUT2D eigenvalue weighted by atomic mass is 9.95. The van der Waals surface area contributed by atoms with Crippen LogP contribution in [0, 0.1) is 19.7 Å². The van der Waals surface area contributed by atoms with Gasteiger partial charge in [-0.2, -0.15) is 0 Å². The first-order valence-electron chi connectivity index (χ1n) is 12.8. The number of hydrogen-bond donors (Lipinski definition) is 2. The van der Waals surface area contributed by atoms with Crippen molar-refractivity contribution in [2.75, 3.05) is 33.0 Å². The zero-order valence-corrected chi connectivity index (χ0v) is 21.5. The normalized spacial score (nSPS) is 26.4. The summed E-state index contributed by atoms with van der Waals surface area (Å²) < 4.78 is 31.1. The summed E-state index contributed by atoms with van der Waals surface area (Å²) in [6.07, 6.45) is 0.618. The number of carbonyl (C=O) groups is 2. The summed E-state index contributed by atoms with van der Waals surface area (Å²) in [6.45, 7) is 8.39. The number of fused-ring (bicyclic) bond motifs is 2. The van der Waals surface area contributed by atoms with E-state index in [0.717, 1.165) is 23.3 Å². The third-order valence-electron chi connectivity index (χ3n) is 7.88. The molecule has 2 N–H and O–H groups in total. The van der Waals surface area contributed by atoms with E-state index >= 15 is 0 Å². The Hall–Kier alpha value is -3.01. The van der Waals surface area contributed by atoms with Crippen LogP contribution >= 0.6 is 0 Å². The van der Waals surface area contributed by atoms with Gasteiger partial charge >= 0.3 is 0 Å². The minimum atomic E-state index is -0.423. The highest BCUT2D eigenvalue weighted by Crippen LogP contribution is 2.39. The number of carbonyl (C=O) groups excluding carboxylic acids is 2. The smallest absolute Gasteiger partial charge is 0.251 e. The maximum Gasteiger partial charge on any atom is 0.251 e. The highest BCUT2D eigenvalue weighted by Gasteiger charge is 2.47. The molecule has 8 nitrogen and oxygen atoms in total. The molecule has 5 unspecified atom stereocenters. The van der Waals surface area contributed by atoms with Gasteiger partial charge in [-0.25, -0.2) is 4.39 Å². The Kier molecular flexibility index (Phi) is 7.46. The maximum atomic E-state index is 13.6. The summed E-state index contributed by atoms with van der Waals surface area (Å²) in [5.74, 6) is 0.0148. The molecule has 0 spiro atoms. The summed E-state index contributed by atoms with van der Waals surface area (Å²) in [7, 11) is 0. The van der Waals surface area contributed by atoms with E-state index in [9.17, 15) is 14.0 Å². The molecule has 3 aliphatic heterocycles. The maximum absolute atomic E-state index is 13.6. The van der Waals surface area contributed by atoms with Gasteiger partial charge in [-0.3, -0.25) is 14.5 Å². The third-order valence-corrected chi connectivity index (χ3v) is 7.88. The van der Waals surface area contributed by atoms with Crippen LogP contribution in [0.5, 0.6) is 5.75 Å². The Morgan fingerprint density at radius 3 is 2.84 bits per heavy atom. The second kappa shape index (κ2) is 10.8. The van der Waals surface area contributed by atoms with Crippen LogP contribution in [0.4, 0.5) is 4.39 Å². The number of rotatable bonds is 7. The van der Waals surface area contributed by atoms with Crippen molar-refractivity contribution >= 4 is 11.8 Å². The number of nitrogens with zero attached hydrogens (tertiary/aromatic N) is 1. The van der Waals surface area contributed by atoms with Gasteiger partial charge in [0.25, 0.3) is 5.91 Å². The third kappa shape index (κ3) is 5.35. The topological polar surface area (TPSA) is 89.1 Å². The molecule has 3 saturated heterocycles. The zero-order chi connectivity index (χ0) is 26.1. The van der Waals surface area contributed by atoms with Crippen molar-refractivity contribution in [3.63, 3.8) is 0 Å². The lowest BCUT2D eigenvalue weighted by Gasteiger charge is -2.40. The van der Waals surface area contributed by atoms with E-state index in [-0.39, 0.29) is 48.7 Å². The van der Waals surface area contributed by atoms with E-state index in [1.165, 1.54) is 17.7 Å². The van der Waals surface area contributed by atoms with Crippen molar-refractivity contribution in [2.24, 2.45) is 0 Å². The van der Waals surface area contributed by atoms with E-state index in [1.54, 1.807) is 12.1 Å². The van der Waals surface area contributed by atoms with Crippen LogP contribution < -0.4 is 15.4 Å². The lowest BCUT2D eigenvalue weighted by molar-refractivity contribution is -0.134. The predicted octanol–water partition coefficient (Wildman–Crippen LogP) is 2.67. The second-order valence-corrected chi connectivity index (χ2v) is 10.2. The quantitative estimate of drug-likeness (QED) is 0.594. The van der Waals surface area contributed by atoms with Crippen molar-refractivity contribution in [3.05, 3.63) is 64.5 Å². The number of morpholine rings is 2. The number of ether oxygens (including phenoxy) is 3. The lowest BCUT2D eigenvalue weighted by Crippen LogP contribution is -2.52. The number of nitrogens with one attached hydrogen (secondary N) is 2. The number of benzene rings is 2. The van der Waals surface area contributed by atoms with Crippen LogP contribution in [-0.4, -0.2) is 73.9 Å². The van der Waals surface area contributed by atoms with E-state index in [2.05, 4.69) is 42.4 Å². The van der Waals surface area contributed by atoms with Gasteiger partial charge in [-0.1, -0.05) is 12.1 Å². The Morgan fingerprint density at radius 1 is 1.24 bits per heavy atom. The SMILES string of the molecule is Cc1c(OCC2CNC(=O)CO2)ccc(C(C)N2C3COCC2C(NC(=O)c2cccc(F)c2)C3)c1C. The van der Waals surface area contributed by atoms with E-state index < -0.39 is 5.82 Å². The van der Waals surface area contributed by atoms with Crippen molar-refractivity contribution < 1.29 is 28.2 Å². The van der Waals surface area contributed by atoms with Crippen molar-refractivity contribution in [1.29, 1.82) is 0 Å². The number of halogens is 1. The summed E-state index contributed by atoms with van der Waals surface area (Å²) in [4.78, 5) is 26.6. The number of hydrogen-bond acceptors (Lipinski definition) is 6. The van der Waals surface area contributed by atoms with Gasteiger partial charge in [-0.15, -0.1) is 0 Å². The average molecular weight is 512 g/mol. The van der Waals surface area contributed by atoms with Crippen LogP contribution in [0.3, 0.4) is 0 Å². The summed E-state index contributed by atoms with van der Waals surface area (Å²) in [5, 5.41) is 5.92. The molecule has 5 rings (SSSR count). The van der Waals surface area contributed by atoms with Crippen molar-refractivity contribution in [2.45, 2.75) is 57.5 Å². The minimum absolute atomic E-state index is 0.0283. The van der Waals surface area contributed by atoms with E-state index in [4.69, 9.17) is 14.2 Å². The number of amides is 2. The molecule has 2 aromatic rings. The molecule has 37 heavy (non-hydrogen) atoms. The molecule has 0 saturated carbocycles. The van der Waals surface area contributed by atoms with Gasteiger partial charge in [0.1, 0.15) is 30.9 Å². The zero-order valence-electron chi connectivity index (χ0n) is 21.5. The first-order valence-corrected chi connectivity index (χ1v) is 12.8. The van der Waals surface area contributed by atoms with Crippen LogP contribution in [0.15, 0.2) is 36.4 Å². The predicted molar refractivity (Wildman–Crippen MR) is 135 cm³/mol. The van der Waals surface area contributed by atoms with E-state index in [1.807, 2.05) is 6.07 Å². The Morgan fingerprint density at radius 2 is 2.08 bits per heavy atom. The Balaban J connectivity index is 1.27. The van der Waals surface area contributed by atoms with Crippen molar-refractivity contribution in [1.82, 2.24) is 15.5 Å². The summed E-state index contributed by atoms with van der Waals surface area (Å²) >= 11 is 0. The molecular formula is C28H34FN3O5. The van der Waals surface area contributed by atoms with Crippen LogP contribution in [-0.2, 0) is 14.3 Å². The molecule has 5 atom stereocenters. The molecule has 2 bridgehead atoms. The second-order valence-electron chi connectivity index (χ2n) is 10.2. The fourth-order valence-corrected chi connectivity index (χ4v) is 5.78. The monoisotopic (exact) mass is 511 g/mol. The highest BCUT2D eigenvalue weighted by molar-refractivity contribution is 5.94. The van der Waals surface area contributed by atoms with Gasteiger partial charge in [-0.05, 0) is 68.1 Å². The molecule has 3 aliphatic rings. The molecule has 0 radical (unpaired) electrons. The fourth-order valence-electron chi connectivity index (χ4n) is 5.78. The Labute approximate surface area is 216 Å². The Bertz CT molecular complexity index is 1160. The van der Waals surface area contributed by atoms with Crippen LogP contribution in [0.1, 0.15) is 46.4 Å². The molecule has 198 valence electrons. The first kappa shape index (κ1) is 25.6. The molecule has 0 aromatic heterocycles. The summed E-state index contributed by atoms with van der Waals surface area (Å²) in [5.41, 5.74) is 3.76. The van der Waals surface area contributed by atoms with Gasteiger partial charge < -0.3 is 24.8 Å². The van der Waals surface area contributed by atoms with Gasteiger partial charge in [0.15, 0.2) is 0 Å². The molecule has 3 heterocycles. The molecule has 3 fully saturated rings. The largest absolute Gasteiger partial charge is 0.491 e. The average Bonchev–Trinajstić information content (AvgIpc) is 3.09. The molecule has 9 heteroatoms. The molecule has 2 amide bonds. The summed E-state index contributed by atoms with van der Waals surface area (Å²) in [6, 6.07) is 10.1. The molecule has 2 aromatic carbocycles. The first-order chi connectivity index (χ1) is 17.8.